The fourth-order valence-corrected chi connectivity index (χ4v) is 2.73. The van der Waals surface area contributed by atoms with Crippen LogP contribution in [0, 0.1) is 13.8 Å². The van der Waals surface area contributed by atoms with Gasteiger partial charge in [0.2, 0.25) is 11.8 Å². The van der Waals surface area contributed by atoms with Crippen LogP contribution in [0.3, 0.4) is 0 Å². The number of halogens is 1. The van der Waals surface area contributed by atoms with E-state index < -0.39 is 0 Å². The molecule has 24 heavy (non-hydrogen) atoms. The number of para-hydroxylation sites is 1. The van der Waals surface area contributed by atoms with Crippen molar-refractivity contribution in [2.24, 2.45) is 0 Å². The van der Waals surface area contributed by atoms with Gasteiger partial charge in [0.15, 0.2) is 0 Å². The molecule has 126 valence electrons. The predicted octanol–water partition coefficient (Wildman–Crippen LogP) is 4.45. The molecule has 4 nitrogen and oxygen atoms in total. The van der Waals surface area contributed by atoms with Crippen molar-refractivity contribution in [3.05, 3.63) is 58.1 Å². The van der Waals surface area contributed by atoms with Crippen molar-refractivity contribution >= 4 is 39.1 Å². The molecule has 0 radical (unpaired) electrons. The monoisotopic (exact) mass is 388 g/mol. The van der Waals surface area contributed by atoms with E-state index in [4.69, 9.17) is 0 Å². The van der Waals surface area contributed by atoms with Crippen molar-refractivity contribution < 1.29 is 9.59 Å². The summed E-state index contributed by atoms with van der Waals surface area (Å²) in [5, 5.41) is 2.85. The Labute approximate surface area is 151 Å². The first kappa shape index (κ1) is 18.2. The molecule has 2 aromatic rings. The summed E-state index contributed by atoms with van der Waals surface area (Å²) in [6, 6.07) is 13.3. The molecule has 0 heterocycles. The lowest BCUT2D eigenvalue weighted by atomic mass is 10.1. The van der Waals surface area contributed by atoms with Gasteiger partial charge in [0.1, 0.15) is 0 Å². The lowest BCUT2D eigenvalue weighted by Gasteiger charge is -2.22. The average molecular weight is 389 g/mol. The largest absolute Gasteiger partial charge is 0.325 e. The number of rotatable bonds is 5. The van der Waals surface area contributed by atoms with Gasteiger partial charge in [0.25, 0.3) is 0 Å². The van der Waals surface area contributed by atoms with Gasteiger partial charge in [0.05, 0.1) is 5.69 Å². The zero-order valence-corrected chi connectivity index (χ0v) is 15.7. The second-order valence-electron chi connectivity index (χ2n) is 5.72. The number of nitrogens with zero attached hydrogens (tertiary/aromatic N) is 1. The number of amides is 2. The Morgan fingerprint density at radius 1 is 1.08 bits per heavy atom. The van der Waals surface area contributed by atoms with E-state index in [-0.39, 0.29) is 18.2 Å². The molecule has 0 saturated carbocycles. The van der Waals surface area contributed by atoms with E-state index in [1.165, 1.54) is 12.5 Å². The molecule has 0 atom stereocenters. The average Bonchev–Trinajstić information content (AvgIpc) is 2.53. The van der Waals surface area contributed by atoms with Crippen molar-refractivity contribution in [3.8, 4) is 0 Å². The summed E-state index contributed by atoms with van der Waals surface area (Å²) in [7, 11) is 0. The van der Waals surface area contributed by atoms with Gasteiger partial charge >= 0.3 is 0 Å². The molecule has 2 amide bonds. The number of hydrogen-bond acceptors (Lipinski definition) is 2. The van der Waals surface area contributed by atoms with Crippen molar-refractivity contribution in [3.63, 3.8) is 0 Å². The first-order valence-corrected chi connectivity index (χ1v) is 8.57. The van der Waals surface area contributed by atoms with Crippen LogP contribution < -0.4 is 10.2 Å². The molecule has 0 aliphatic heterocycles. The molecular weight excluding hydrogens is 368 g/mol. The van der Waals surface area contributed by atoms with Gasteiger partial charge in [-0.05, 0) is 65.2 Å². The minimum atomic E-state index is -0.128. The lowest BCUT2D eigenvalue weighted by molar-refractivity contribution is -0.117. The summed E-state index contributed by atoms with van der Waals surface area (Å²) in [5.41, 5.74) is 3.84. The van der Waals surface area contributed by atoms with Crippen LogP contribution in [0.4, 0.5) is 11.4 Å². The second-order valence-corrected chi connectivity index (χ2v) is 6.57. The van der Waals surface area contributed by atoms with Crippen molar-refractivity contribution in [2.45, 2.75) is 27.2 Å². The normalized spacial score (nSPS) is 10.3. The van der Waals surface area contributed by atoms with Gasteiger partial charge in [0, 0.05) is 30.0 Å². The van der Waals surface area contributed by atoms with Crippen LogP contribution >= 0.6 is 15.9 Å². The molecule has 0 aliphatic carbocycles. The van der Waals surface area contributed by atoms with Gasteiger partial charge in [-0.1, -0.05) is 18.2 Å². The molecule has 1 N–H and O–H groups in total. The maximum absolute atomic E-state index is 12.2. The number of benzene rings is 2. The molecule has 0 unspecified atom stereocenters. The van der Waals surface area contributed by atoms with Gasteiger partial charge in [-0.15, -0.1) is 0 Å². The molecule has 2 rings (SSSR count). The third-order valence-corrected chi connectivity index (χ3v) is 4.58. The van der Waals surface area contributed by atoms with Crippen LogP contribution in [0.15, 0.2) is 46.9 Å². The third-order valence-electron chi connectivity index (χ3n) is 3.89. The molecular formula is C19H21BrN2O2. The highest BCUT2D eigenvalue weighted by Crippen LogP contribution is 2.22. The van der Waals surface area contributed by atoms with E-state index in [0.717, 1.165) is 21.4 Å². The molecule has 0 fully saturated rings. The van der Waals surface area contributed by atoms with E-state index in [2.05, 4.69) is 21.2 Å². The number of carbonyl (C=O) groups is 2. The Kier molecular flexibility index (Phi) is 6.15. The molecule has 5 heteroatoms. The van der Waals surface area contributed by atoms with Crippen LogP contribution in [0.1, 0.15) is 24.5 Å². The number of carbonyl (C=O) groups excluding carboxylic acids is 2. The first-order valence-electron chi connectivity index (χ1n) is 7.78. The quantitative estimate of drug-likeness (QED) is 0.822. The molecule has 0 aromatic heterocycles. The summed E-state index contributed by atoms with van der Waals surface area (Å²) in [4.78, 5) is 25.8. The summed E-state index contributed by atoms with van der Waals surface area (Å²) < 4.78 is 0.830. The zero-order valence-electron chi connectivity index (χ0n) is 14.1. The van der Waals surface area contributed by atoms with Crippen LogP contribution in [0.25, 0.3) is 0 Å². The number of nitrogens with one attached hydrogen (secondary N) is 1. The molecule has 0 saturated heterocycles. The fourth-order valence-electron chi connectivity index (χ4n) is 2.35. The van der Waals surface area contributed by atoms with E-state index >= 15 is 0 Å². The van der Waals surface area contributed by atoms with Gasteiger partial charge in [-0.25, -0.2) is 0 Å². The lowest BCUT2D eigenvalue weighted by Crippen LogP contribution is -2.32. The topological polar surface area (TPSA) is 49.4 Å². The minimum absolute atomic E-state index is 0.0769. The third kappa shape index (κ3) is 4.68. The smallest absolute Gasteiger partial charge is 0.226 e. The molecule has 0 aliphatic rings. The number of anilines is 2. The first-order chi connectivity index (χ1) is 11.4. The van der Waals surface area contributed by atoms with Gasteiger partial charge in [-0.2, -0.15) is 0 Å². The van der Waals surface area contributed by atoms with E-state index in [0.29, 0.717) is 6.54 Å². The molecule has 2 aromatic carbocycles. The minimum Gasteiger partial charge on any atom is -0.325 e. The van der Waals surface area contributed by atoms with Crippen LogP contribution in [-0.2, 0) is 9.59 Å². The Morgan fingerprint density at radius 2 is 1.79 bits per heavy atom. The van der Waals surface area contributed by atoms with Gasteiger partial charge < -0.3 is 10.2 Å². The van der Waals surface area contributed by atoms with Crippen molar-refractivity contribution in [1.82, 2.24) is 0 Å². The summed E-state index contributed by atoms with van der Waals surface area (Å²) in [5.74, 6) is -0.205. The van der Waals surface area contributed by atoms with Crippen LogP contribution in [0.5, 0.6) is 0 Å². The summed E-state index contributed by atoms with van der Waals surface area (Å²) >= 11 is 3.40. The summed E-state index contributed by atoms with van der Waals surface area (Å²) in [6.07, 6.45) is 0.230. The molecule has 0 bridgehead atoms. The maximum Gasteiger partial charge on any atom is 0.226 e. The van der Waals surface area contributed by atoms with Crippen LogP contribution in [-0.4, -0.2) is 18.4 Å². The fraction of sp³-hybridized carbons (Fsp3) is 0.263. The highest BCUT2D eigenvalue weighted by Gasteiger charge is 2.14. The summed E-state index contributed by atoms with van der Waals surface area (Å²) in [6.45, 7) is 5.90. The van der Waals surface area contributed by atoms with E-state index in [1.807, 2.05) is 56.3 Å². The maximum atomic E-state index is 12.2. The number of hydrogen-bond donors (Lipinski definition) is 1. The van der Waals surface area contributed by atoms with Crippen molar-refractivity contribution in [1.29, 1.82) is 0 Å². The Balaban J connectivity index is 2.03. The number of aryl methyl sites for hydroxylation is 2. The Morgan fingerprint density at radius 3 is 2.42 bits per heavy atom. The van der Waals surface area contributed by atoms with Crippen molar-refractivity contribution in [2.75, 3.05) is 16.8 Å². The molecule has 0 spiro atoms. The SMILES string of the molecule is CC(=O)N(CCC(=O)Nc1ccccc1Br)c1ccc(C)c(C)c1. The highest BCUT2D eigenvalue weighted by molar-refractivity contribution is 9.10. The Bertz CT molecular complexity index is 759. The Hall–Kier alpha value is -2.14. The standard InChI is InChI=1S/C19H21BrN2O2/c1-13-8-9-16(12-14(13)2)22(15(3)23)11-10-19(24)21-18-7-5-4-6-17(18)20/h4-9,12H,10-11H2,1-3H3,(H,21,24). The van der Waals surface area contributed by atoms with E-state index in [1.54, 1.807) is 4.90 Å². The van der Waals surface area contributed by atoms with Crippen LogP contribution in [0.2, 0.25) is 0 Å². The van der Waals surface area contributed by atoms with E-state index in [9.17, 15) is 9.59 Å². The second kappa shape index (κ2) is 8.11. The highest BCUT2D eigenvalue weighted by atomic mass is 79.9. The predicted molar refractivity (Wildman–Crippen MR) is 101 cm³/mol. The zero-order chi connectivity index (χ0) is 17.7. The van der Waals surface area contributed by atoms with Gasteiger partial charge in [-0.3, -0.25) is 9.59 Å².